The lowest BCUT2D eigenvalue weighted by molar-refractivity contribution is 0.628. The Morgan fingerprint density at radius 1 is 1.39 bits per heavy atom. The lowest BCUT2D eigenvalue weighted by Crippen LogP contribution is -2.22. The second-order valence-electron chi connectivity index (χ2n) is 4.87. The van der Waals surface area contributed by atoms with Gasteiger partial charge in [-0.25, -0.2) is 4.39 Å². The predicted molar refractivity (Wildman–Crippen MR) is 97.5 cm³/mol. The van der Waals surface area contributed by atoms with Crippen molar-refractivity contribution < 1.29 is 4.39 Å². The maximum Gasteiger partial charge on any atom is 0.226 e. The van der Waals surface area contributed by atoms with Crippen molar-refractivity contribution >= 4 is 56.5 Å². The van der Waals surface area contributed by atoms with Gasteiger partial charge in [0.05, 0.1) is 10.7 Å². The summed E-state index contributed by atoms with van der Waals surface area (Å²) in [6.07, 6.45) is 0. The summed E-state index contributed by atoms with van der Waals surface area (Å²) in [5.74, 6) is 0.625. The molecule has 0 saturated heterocycles. The molecule has 23 heavy (non-hydrogen) atoms. The molecule has 0 radical (unpaired) electrons. The van der Waals surface area contributed by atoms with Gasteiger partial charge in [0, 0.05) is 13.6 Å². The molecular weight excluding hydrogens is 406 g/mol. The number of halogens is 4. The van der Waals surface area contributed by atoms with Crippen LogP contribution in [0.2, 0.25) is 10.3 Å². The summed E-state index contributed by atoms with van der Waals surface area (Å²) in [5.41, 5.74) is 1.46. The molecule has 0 fully saturated rings. The van der Waals surface area contributed by atoms with Crippen LogP contribution in [0.3, 0.4) is 0 Å². The highest BCUT2D eigenvalue weighted by molar-refractivity contribution is 9.10. The molecule has 0 aliphatic rings. The Morgan fingerprint density at radius 2 is 2.09 bits per heavy atom. The lowest BCUT2D eigenvalue weighted by Gasteiger charge is -2.26. The second-order valence-corrected chi connectivity index (χ2v) is 6.41. The van der Waals surface area contributed by atoms with Crippen molar-refractivity contribution in [3.05, 3.63) is 50.9 Å². The van der Waals surface area contributed by atoms with Crippen molar-refractivity contribution in [1.82, 2.24) is 9.97 Å². The van der Waals surface area contributed by atoms with Crippen molar-refractivity contribution in [3.8, 4) is 0 Å². The van der Waals surface area contributed by atoms with E-state index in [2.05, 4.69) is 37.8 Å². The van der Waals surface area contributed by atoms with Gasteiger partial charge in [-0.1, -0.05) is 23.8 Å². The molecule has 122 valence electrons. The molecule has 2 rings (SSSR count). The van der Waals surface area contributed by atoms with Crippen molar-refractivity contribution in [3.63, 3.8) is 0 Å². The number of rotatable bonds is 5. The van der Waals surface area contributed by atoms with Gasteiger partial charge >= 0.3 is 0 Å². The minimum atomic E-state index is -0.412. The first-order valence-electron chi connectivity index (χ1n) is 6.61. The molecule has 0 atom stereocenters. The largest absolute Gasteiger partial charge is 0.372 e. The zero-order valence-corrected chi connectivity index (χ0v) is 15.6. The van der Waals surface area contributed by atoms with Gasteiger partial charge in [0.1, 0.15) is 16.1 Å². The summed E-state index contributed by atoms with van der Waals surface area (Å²) < 4.78 is 14.0. The van der Waals surface area contributed by atoms with Crippen LogP contribution in [0.1, 0.15) is 6.92 Å². The molecule has 0 aliphatic heterocycles. The quantitative estimate of drug-likeness (QED) is 0.517. The minimum absolute atomic E-state index is 0.0810. The van der Waals surface area contributed by atoms with E-state index in [1.165, 1.54) is 12.1 Å². The van der Waals surface area contributed by atoms with Crippen LogP contribution in [0, 0.1) is 5.82 Å². The van der Waals surface area contributed by atoms with E-state index < -0.39 is 5.82 Å². The van der Waals surface area contributed by atoms with Crippen molar-refractivity contribution in [2.75, 3.05) is 23.8 Å². The van der Waals surface area contributed by atoms with E-state index in [1.54, 1.807) is 18.0 Å². The third-order valence-electron chi connectivity index (χ3n) is 2.93. The van der Waals surface area contributed by atoms with Crippen molar-refractivity contribution in [2.24, 2.45) is 0 Å². The SMILES string of the molecule is C=C(C)CN(c1ccc(F)cc1Cl)c1nc(Cl)nc(NC)c1Br. The first-order valence-corrected chi connectivity index (χ1v) is 8.16. The fourth-order valence-corrected chi connectivity index (χ4v) is 3.02. The number of hydrogen-bond donors (Lipinski definition) is 1. The molecule has 8 heteroatoms. The first-order chi connectivity index (χ1) is 10.8. The molecule has 0 bridgehead atoms. The first kappa shape index (κ1) is 18.0. The van der Waals surface area contributed by atoms with E-state index in [0.717, 1.165) is 5.57 Å². The molecule has 1 aromatic heterocycles. The molecular formula is C15H14BrCl2FN4. The van der Waals surface area contributed by atoms with Crippen molar-refractivity contribution in [1.29, 1.82) is 0 Å². The molecule has 0 unspecified atom stereocenters. The predicted octanol–water partition coefficient (Wildman–Crippen LogP) is 5.44. The van der Waals surface area contributed by atoms with Gasteiger partial charge < -0.3 is 10.2 Å². The van der Waals surface area contributed by atoms with Crippen molar-refractivity contribution in [2.45, 2.75) is 6.92 Å². The zero-order chi connectivity index (χ0) is 17.1. The van der Waals surface area contributed by atoms with Gasteiger partial charge in [-0.2, -0.15) is 9.97 Å². The highest BCUT2D eigenvalue weighted by Gasteiger charge is 2.21. The fourth-order valence-electron chi connectivity index (χ4n) is 2.00. The zero-order valence-electron chi connectivity index (χ0n) is 12.5. The van der Waals surface area contributed by atoms with Gasteiger partial charge in [-0.15, -0.1) is 0 Å². The summed E-state index contributed by atoms with van der Waals surface area (Å²) in [6.45, 7) is 6.23. The number of hydrogen-bond acceptors (Lipinski definition) is 4. The molecule has 4 nitrogen and oxygen atoms in total. The third kappa shape index (κ3) is 4.13. The summed E-state index contributed by atoms with van der Waals surface area (Å²) in [7, 11) is 1.72. The van der Waals surface area contributed by atoms with Crippen LogP contribution in [-0.4, -0.2) is 23.6 Å². The van der Waals surface area contributed by atoms with Crippen LogP contribution >= 0.6 is 39.1 Å². The van der Waals surface area contributed by atoms with Gasteiger partial charge in [0.15, 0.2) is 5.82 Å². The Balaban J connectivity index is 2.64. The van der Waals surface area contributed by atoms with Gasteiger partial charge in [0.2, 0.25) is 5.28 Å². The molecule has 0 amide bonds. The Kier molecular flexibility index (Phi) is 5.84. The molecule has 0 spiro atoms. The second kappa shape index (κ2) is 7.47. The van der Waals surface area contributed by atoms with E-state index >= 15 is 0 Å². The maximum absolute atomic E-state index is 13.4. The third-order valence-corrected chi connectivity index (χ3v) is 4.13. The number of benzene rings is 1. The fraction of sp³-hybridized carbons (Fsp3) is 0.200. The van der Waals surface area contributed by atoms with E-state index in [4.69, 9.17) is 23.2 Å². The maximum atomic E-state index is 13.4. The highest BCUT2D eigenvalue weighted by atomic mass is 79.9. The van der Waals surface area contributed by atoms with Crippen LogP contribution in [0.4, 0.5) is 21.7 Å². The van der Waals surface area contributed by atoms with Crippen LogP contribution < -0.4 is 10.2 Å². The van der Waals surface area contributed by atoms with Crippen LogP contribution in [-0.2, 0) is 0 Å². The Hall–Kier alpha value is -1.37. The smallest absolute Gasteiger partial charge is 0.226 e. The summed E-state index contributed by atoms with van der Waals surface area (Å²) in [4.78, 5) is 10.2. The Morgan fingerprint density at radius 3 is 2.65 bits per heavy atom. The van der Waals surface area contributed by atoms with Crippen LogP contribution in [0.15, 0.2) is 34.8 Å². The number of nitrogens with one attached hydrogen (secondary N) is 1. The molecule has 1 N–H and O–H groups in total. The van der Waals surface area contributed by atoms with Crippen LogP contribution in [0.25, 0.3) is 0 Å². The molecule has 0 saturated carbocycles. The summed E-state index contributed by atoms with van der Waals surface area (Å²) in [6, 6.07) is 4.17. The molecule has 0 aliphatic carbocycles. The highest BCUT2D eigenvalue weighted by Crippen LogP contribution is 2.38. The monoisotopic (exact) mass is 418 g/mol. The number of anilines is 3. The van der Waals surface area contributed by atoms with Gasteiger partial charge in [-0.3, -0.25) is 0 Å². The normalized spacial score (nSPS) is 10.5. The summed E-state index contributed by atoms with van der Waals surface area (Å²) in [5, 5.41) is 3.28. The average molecular weight is 420 g/mol. The molecule has 2 aromatic rings. The lowest BCUT2D eigenvalue weighted by atomic mass is 10.2. The average Bonchev–Trinajstić information content (AvgIpc) is 2.47. The van der Waals surface area contributed by atoms with E-state index in [-0.39, 0.29) is 10.3 Å². The standard InChI is InChI=1S/C15H14BrCl2FN4/c1-8(2)7-23(11-5-4-9(19)6-10(11)17)14-12(16)13(20-3)21-15(18)22-14/h4-6H,1,7H2,2-3H3,(H,20,21,22). The number of nitrogens with zero attached hydrogens (tertiary/aromatic N) is 3. The van der Waals surface area contributed by atoms with Crippen LogP contribution in [0.5, 0.6) is 0 Å². The van der Waals surface area contributed by atoms with E-state index in [9.17, 15) is 4.39 Å². The molecule has 1 heterocycles. The van der Waals surface area contributed by atoms with Gasteiger partial charge in [0.25, 0.3) is 0 Å². The minimum Gasteiger partial charge on any atom is -0.372 e. The molecule has 1 aromatic carbocycles. The topological polar surface area (TPSA) is 41.1 Å². The van der Waals surface area contributed by atoms with E-state index in [1.807, 2.05) is 6.92 Å². The van der Waals surface area contributed by atoms with E-state index in [0.29, 0.717) is 28.3 Å². The summed E-state index contributed by atoms with van der Waals surface area (Å²) >= 11 is 15.7. The Labute approximate surface area is 152 Å². The number of aromatic nitrogens is 2. The van der Waals surface area contributed by atoms with Gasteiger partial charge in [-0.05, 0) is 52.7 Å². The Bertz CT molecular complexity index is 754.